The zero-order chi connectivity index (χ0) is 18.1. The molecule has 0 bridgehead atoms. The summed E-state index contributed by atoms with van der Waals surface area (Å²) in [6, 6.07) is 8.78. The van der Waals surface area contributed by atoms with Crippen molar-refractivity contribution in [3.8, 4) is 0 Å². The van der Waals surface area contributed by atoms with Crippen molar-refractivity contribution in [2.24, 2.45) is 0 Å². The Labute approximate surface area is 157 Å². The average Bonchev–Trinajstić information content (AvgIpc) is 2.45. The molecule has 2 aromatic rings. The van der Waals surface area contributed by atoms with Crippen LogP contribution in [0.1, 0.15) is 11.1 Å². The van der Waals surface area contributed by atoms with Crippen molar-refractivity contribution in [3.63, 3.8) is 0 Å². The molecule has 2 rings (SSSR count). The molecule has 6 nitrogen and oxygen atoms in total. The van der Waals surface area contributed by atoms with Crippen LogP contribution in [0, 0.1) is 0 Å². The molecule has 0 fully saturated rings. The van der Waals surface area contributed by atoms with Crippen LogP contribution in [0.25, 0.3) is 12.2 Å². The zero-order valence-corrected chi connectivity index (χ0v) is 17.2. The van der Waals surface area contributed by atoms with E-state index in [0.29, 0.717) is 8.70 Å². The molecule has 10 heteroatoms. The number of hydrogen-bond donors (Lipinski definition) is 2. The fourth-order valence-corrected chi connectivity index (χ4v) is 4.60. The van der Waals surface area contributed by atoms with Crippen molar-refractivity contribution in [3.05, 3.63) is 47.5 Å². The van der Waals surface area contributed by atoms with Crippen LogP contribution in [0.2, 0.25) is 0 Å². The summed E-state index contributed by atoms with van der Waals surface area (Å²) in [4.78, 5) is -0.594. The van der Waals surface area contributed by atoms with Gasteiger partial charge in [-0.2, -0.15) is 0 Å². The zero-order valence-electron chi connectivity index (χ0n) is 11.9. The predicted octanol–water partition coefficient (Wildman–Crippen LogP) is -0.0620. The van der Waals surface area contributed by atoms with E-state index in [1.54, 1.807) is 12.1 Å². The minimum atomic E-state index is -4.44. The summed E-state index contributed by atoms with van der Waals surface area (Å²) in [6.45, 7) is 0. The Morgan fingerprint density at radius 2 is 1.04 bits per heavy atom. The fourth-order valence-electron chi connectivity index (χ4n) is 1.95. The summed E-state index contributed by atoms with van der Waals surface area (Å²) in [7, 11) is -8.87. The monoisotopic (exact) mass is 488 g/mol. The Bertz CT molecular complexity index is 944. The van der Waals surface area contributed by atoms with Gasteiger partial charge in [0.15, 0.2) is 0 Å². The van der Waals surface area contributed by atoms with Crippen molar-refractivity contribution in [1.29, 1.82) is 0 Å². The SMILES string of the molecule is O=S(=O)(O)c1cc([As])ccc1/C=C/c1ccc([As])cc1S(=O)(=O)O. The second-order valence-corrected chi connectivity index (χ2v) is 9.67. The van der Waals surface area contributed by atoms with Crippen LogP contribution >= 0.6 is 0 Å². The molecule has 0 saturated carbocycles. The standard InChI is InChI=1S/C14H10As2O6S2/c15-11-5-3-9(13(7-11)23(17,18)19)1-2-10-4-6-12(16)8-14(10)24(20,21)22/h1-8H,(H,17,18,19)(H,20,21,22)/b2-1+. The predicted molar refractivity (Wildman–Crippen MR) is 92.2 cm³/mol. The molecule has 0 spiro atoms. The summed E-state index contributed by atoms with van der Waals surface area (Å²) in [5.41, 5.74) is 0.370. The molecular weight excluding hydrogens is 478 g/mol. The first-order valence-electron chi connectivity index (χ1n) is 6.27. The van der Waals surface area contributed by atoms with Crippen LogP contribution in [0.5, 0.6) is 0 Å². The Morgan fingerprint density at radius 1 is 0.708 bits per heavy atom. The quantitative estimate of drug-likeness (QED) is 0.355. The summed E-state index contributed by atoms with van der Waals surface area (Å²) >= 11 is 4.31. The Morgan fingerprint density at radius 3 is 1.33 bits per heavy atom. The number of rotatable bonds is 4. The van der Waals surface area contributed by atoms with Crippen LogP contribution in [0.15, 0.2) is 46.2 Å². The van der Waals surface area contributed by atoms with Crippen molar-refractivity contribution < 1.29 is 25.9 Å². The topological polar surface area (TPSA) is 109 Å². The van der Waals surface area contributed by atoms with Gasteiger partial charge < -0.3 is 0 Å². The maximum atomic E-state index is 11.5. The molecule has 2 aromatic carbocycles. The fraction of sp³-hybridized carbons (Fsp3) is 0. The first-order chi connectivity index (χ1) is 11.0. The molecule has 0 aliphatic carbocycles. The van der Waals surface area contributed by atoms with Crippen LogP contribution < -0.4 is 8.70 Å². The number of hydrogen-bond acceptors (Lipinski definition) is 4. The summed E-state index contributed by atoms with van der Waals surface area (Å²) in [6.07, 6.45) is 2.70. The second kappa shape index (κ2) is 7.16. The molecule has 124 valence electrons. The van der Waals surface area contributed by atoms with E-state index in [4.69, 9.17) is 0 Å². The Kier molecular flexibility index (Phi) is 5.80. The van der Waals surface area contributed by atoms with Gasteiger partial charge in [-0.3, -0.25) is 0 Å². The molecule has 0 atom stereocenters. The first kappa shape index (κ1) is 19.4. The van der Waals surface area contributed by atoms with Crippen LogP contribution in [0.3, 0.4) is 0 Å². The number of benzene rings is 2. The van der Waals surface area contributed by atoms with Crippen molar-refractivity contribution in [2.75, 3.05) is 0 Å². The van der Waals surface area contributed by atoms with Crippen molar-refractivity contribution in [2.45, 2.75) is 9.79 Å². The van der Waals surface area contributed by atoms with E-state index in [9.17, 15) is 25.9 Å². The van der Waals surface area contributed by atoms with Gasteiger partial charge in [0.25, 0.3) is 0 Å². The van der Waals surface area contributed by atoms with Gasteiger partial charge in [0.05, 0.1) is 0 Å². The van der Waals surface area contributed by atoms with Crippen LogP contribution in [-0.2, 0) is 20.2 Å². The summed E-state index contributed by atoms with van der Waals surface area (Å²) < 4.78 is 65.6. The van der Waals surface area contributed by atoms with Gasteiger partial charge in [0.1, 0.15) is 0 Å². The molecule has 0 saturated heterocycles. The third-order valence-corrected chi connectivity index (χ3v) is 5.98. The molecular formula is C14H10As2O6S2. The van der Waals surface area contributed by atoms with Gasteiger partial charge in [-0.05, 0) is 0 Å². The van der Waals surface area contributed by atoms with Crippen LogP contribution in [0.4, 0.5) is 0 Å². The van der Waals surface area contributed by atoms with Gasteiger partial charge in [-0.1, -0.05) is 0 Å². The minimum absolute atomic E-state index is 0.185. The molecule has 0 unspecified atom stereocenters. The molecule has 0 aromatic heterocycles. The van der Waals surface area contributed by atoms with E-state index in [0.717, 1.165) is 0 Å². The molecule has 24 heavy (non-hydrogen) atoms. The molecule has 0 aliphatic heterocycles. The van der Waals surface area contributed by atoms with E-state index >= 15 is 0 Å². The third-order valence-electron chi connectivity index (χ3n) is 2.99. The average molecular weight is 488 g/mol. The van der Waals surface area contributed by atoms with Gasteiger partial charge in [-0.15, -0.1) is 0 Å². The maximum absolute atomic E-state index is 11.5. The van der Waals surface area contributed by atoms with E-state index < -0.39 is 20.2 Å². The van der Waals surface area contributed by atoms with E-state index in [1.807, 2.05) is 0 Å². The molecule has 2 N–H and O–H groups in total. The van der Waals surface area contributed by atoms with Crippen molar-refractivity contribution >= 4 is 74.8 Å². The first-order valence-corrected chi connectivity index (χ1v) is 11.0. The molecule has 0 heterocycles. The van der Waals surface area contributed by atoms with E-state index in [-0.39, 0.29) is 20.9 Å². The van der Waals surface area contributed by atoms with Crippen LogP contribution in [-0.4, -0.2) is 59.6 Å². The van der Waals surface area contributed by atoms with Gasteiger partial charge in [0, 0.05) is 0 Å². The normalized spacial score (nSPS) is 12.7. The van der Waals surface area contributed by atoms with Gasteiger partial charge in [0.2, 0.25) is 0 Å². The molecule has 0 amide bonds. The van der Waals surface area contributed by atoms with Crippen molar-refractivity contribution in [1.82, 2.24) is 0 Å². The van der Waals surface area contributed by atoms with Gasteiger partial charge >= 0.3 is 158 Å². The van der Waals surface area contributed by atoms with E-state index in [1.165, 1.54) is 36.4 Å². The van der Waals surface area contributed by atoms with Gasteiger partial charge in [-0.25, -0.2) is 0 Å². The Hall–Kier alpha value is -0.883. The second-order valence-electron chi connectivity index (χ2n) is 4.73. The summed E-state index contributed by atoms with van der Waals surface area (Å²) in [5, 5.41) is 0. The molecule has 4 radical (unpaired) electrons. The molecule has 0 aliphatic rings. The third kappa shape index (κ3) is 4.82. The Balaban J connectivity index is 2.59. The van der Waals surface area contributed by atoms with E-state index in [2.05, 4.69) is 33.7 Å². The summed E-state index contributed by atoms with van der Waals surface area (Å²) in [5.74, 6) is 0.